The molecule has 0 aliphatic heterocycles. The van der Waals surface area contributed by atoms with Crippen molar-refractivity contribution in [1.82, 2.24) is 10.3 Å². The highest BCUT2D eigenvalue weighted by Gasteiger charge is 2.26. The van der Waals surface area contributed by atoms with Crippen LogP contribution in [0.2, 0.25) is 0 Å². The van der Waals surface area contributed by atoms with Crippen molar-refractivity contribution >= 4 is 39.9 Å². The van der Waals surface area contributed by atoms with E-state index in [1.165, 1.54) is 49.6 Å². The van der Waals surface area contributed by atoms with E-state index in [0.29, 0.717) is 11.3 Å². The van der Waals surface area contributed by atoms with Crippen molar-refractivity contribution in [3.63, 3.8) is 0 Å². The summed E-state index contributed by atoms with van der Waals surface area (Å²) >= 11 is 0. The van der Waals surface area contributed by atoms with Gasteiger partial charge in [0.05, 0.1) is 18.1 Å². The molecule has 6 rings (SSSR count). The van der Waals surface area contributed by atoms with E-state index >= 15 is 0 Å². The van der Waals surface area contributed by atoms with Crippen LogP contribution in [0.1, 0.15) is 21.5 Å². The van der Waals surface area contributed by atoms with Gasteiger partial charge in [0.1, 0.15) is 36.0 Å². The Kier molecular flexibility index (Phi) is 8.96. The zero-order valence-electron chi connectivity index (χ0n) is 25.1. The third kappa shape index (κ3) is 7.15. The van der Waals surface area contributed by atoms with Crippen LogP contribution in [0.3, 0.4) is 0 Å². The predicted molar refractivity (Wildman–Crippen MR) is 172 cm³/mol. The minimum Gasteiger partial charge on any atom is -0.465 e. The van der Waals surface area contributed by atoms with Crippen LogP contribution in [-0.4, -0.2) is 36.2 Å². The molecule has 1 amide bonds. The third-order valence-corrected chi connectivity index (χ3v) is 7.32. The van der Waals surface area contributed by atoms with Gasteiger partial charge >= 0.3 is 18.0 Å². The van der Waals surface area contributed by atoms with Gasteiger partial charge in [0.15, 0.2) is 0 Å². The molecule has 47 heavy (non-hydrogen) atoms. The molecular weight excluding hydrogens is 604 g/mol. The van der Waals surface area contributed by atoms with E-state index in [4.69, 9.17) is 18.6 Å². The molecule has 0 bridgehead atoms. The molecule has 0 aliphatic carbocycles. The van der Waals surface area contributed by atoms with Crippen LogP contribution < -0.4 is 20.2 Å². The van der Waals surface area contributed by atoms with Crippen LogP contribution in [0, 0.1) is 0 Å². The Morgan fingerprint density at radius 3 is 2.40 bits per heavy atom. The topological polar surface area (TPSA) is 146 Å². The Bertz CT molecular complexity index is 2120. The molecule has 2 N–H and O–H groups in total. The van der Waals surface area contributed by atoms with E-state index in [1.54, 1.807) is 6.20 Å². The predicted octanol–water partition coefficient (Wildman–Crippen LogP) is 6.30. The number of ether oxygens (including phenoxy) is 4. The maximum absolute atomic E-state index is 13.5. The number of carbonyl (C=O) groups excluding carboxylic acids is 3. The lowest BCUT2D eigenvalue weighted by atomic mass is 10.1. The van der Waals surface area contributed by atoms with Crippen LogP contribution >= 0.6 is 0 Å². The summed E-state index contributed by atoms with van der Waals surface area (Å²) in [5.74, 6) is -0.914. The molecule has 2 aromatic heterocycles. The Labute approximate surface area is 267 Å². The zero-order chi connectivity index (χ0) is 32.8. The standard InChI is InChI=1S/C36H28N2O9/c1-43-34(40)23-11-13-25(14-12-23)46-32-21-44-31-18-26(15-16-28(31)33(32)39)47-35(41)30(17-24-19-37-29-10-6-5-9-27(24)29)38-36(42)45-20-22-7-3-2-4-8-22/h2-16,18-19,21,30,37H,17,20H2,1H3,(H,38,42)/t30-/m0/s1. The number of aromatic nitrogens is 1. The minimum atomic E-state index is -1.11. The molecule has 0 aliphatic rings. The van der Waals surface area contributed by atoms with Crippen LogP contribution in [0.4, 0.5) is 4.79 Å². The number of H-pyrrole nitrogens is 1. The molecule has 236 valence electrons. The SMILES string of the molecule is COC(=O)c1ccc(Oc2coc3cc(OC(=O)[C@H](Cc4c[nH]c5ccccc45)NC(=O)OCc4ccccc4)ccc3c2=O)cc1. The number of aromatic amines is 1. The number of alkyl carbamates (subject to hydrolysis) is 1. The molecular formula is C36H28N2O9. The Morgan fingerprint density at radius 2 is 1.62 bits per heavy atom. The van der Waals surface area contributed by atoms with E-state index in [0.717, 1.165) is 28.3 Å². The molecule has 11 nitrogen and oxygen atoms in total. The summed E-state index contributed by atoms with van der Waals surface area (Å²) < 4.78 is 27.0. The van der Waals surface area contributed by atoms with E-state index in [1.807, 2.05) is 54.6 Å². The highest BCUT2D eigenvalue weighted by atomic mass is 16.6. The fraction of sp³-hybridized carbons (Fsp3) is 0.111. The average molecular weight is 633 g/mol. The molecule has 4 aromatic carbocycles. The number of hydrogen-bond donors (Lipinski definition) is 2. The molecule has 0 fully saturated rings. The highest BCUT2D eigenvalue weighted by Crippen LogP contribution is 2.25. The summed E-state index contributed by atoms with van der Waals surface area (Å²) in [6.45, 7) is 0.0235. The molecule has 6 aromatic rings. The van der Waals surface area contributed by atoms with Gasteiger partial charge in [0.25, 0.3) is 0 Å². The molecule has 0 unspecified atom stereocenters. The Hall–Kier alpha value is -6.36. The second-order valence-corrected chi connectivity index (χ2v) is 10.4. The first kappa shape index (κ1) is 30.7. The Balaban J connectivity index is 1.18. The normalized spacial score (nSPS) is 11.5. The van der Waals surface area contributed by atoms with Crippen LogP contribution in [0.5, 0.6) is 17.2 Å². The minimum absolute atomic E-state index is 0.0235. The second-order valence-electron chi connectivity index (χ2n) is 10.4. The van der Waals surface area contributed by atoms with Crippen LogP contribution in [0.25, 0.3) is 21.9 Å². The summed E-state index contributed by atoms with van der Waals surface area (Å²) in [6, 6.07) is 26.0. The van der Waals surface area contributed by atoms with Crippen molar-refractivity contribution in [3.05, 3.63) is 136 Å². The number of benzene rings is 4. The number of nitrogens with one attached hydrogen (secondary N) is 2. The summed E-state index contributed by atoms with van der Waals surface area (Å²) in [5.41, 5.74) is 2.49. The van der Waals surface area contributed by atoms with Gasteiger partial charge in [0.2, 0.25) is 11.2 Å². The summed E-state index contributed by atoms with van der Waals surface area (Å²) in [5, 5.41) is 3.72. The van der Waals surface area contributed by atoms with Gasteiger partial charge in [-0.1, -0.05) is 48.5 Å². The Morgan fingerprint density at radius 1 is 0.872 bits per heavy atom. The smallest absolute Gasteiger partial charge is 0.408 e. The number of para-hydroxylation sites is 1. The van der Waals surface area contributed by atoms with E-state index < -0.39 is 29.5 Å². The number of methoxy groups -OCH3 is 1. The number of hydrogen-bond acceptors (Lipinski definition) is 9. The molecule has 11 heteroatoms. The van der Waals surface area contributed by atoms with Gasteiger partial charge in [-0.3, -0.25) is 4.79 Å². The lowest BCUT2D eigenvalue weighted by Gasteiger charge is -2.17. The van der Waals surface area contributed by atoms with Crippen molar-refractivity contribution in [2.45, 2.75) is 19.1 Å². The van der Waals surface area contributed by atoms with Gasteiger partial charge in [0, 0.05) is 29.6 Å². The summed E-state index contributed by atoms with van der Waals surface area (Å²) in [6.07, 6.45) is 2.26. The first-order chi connectivity index (χ1) is 22.9. The van der Waals surface area contributed by atoms with Crippen molar-refractivity contribution in [1.29, 1.82) is 0 Å². The summed E-state index contributed by atoms with van der Waals surface area (Å²) in [4.78, 5) is 54.2. The number of carbonyl (C=O) groups is 3. The second kappa shape index (κ2) is 13.7. The molecule has 0 saturated heterocycles. The fourth-order valence-electron chi connectivity index (χ4n) is 4.94. The quantitative estimate of drug-likeness (QED) is 0.131. The van der Waals surface area contributed by atoms with Crippen LogP contribution in [0.15, 0.2) is 119 Å². The average Bonchev–Trinajstić information content (AvgIpc) is 3.51. The maximum Gasteiger partial charge on any atom is 0.408 e. The van der Waals surface area contributed by atoms with Gasteiger partial charge in [-0.15, -0.1) is 0 Å². The van der Waals surface area contributed by atoms with Crippen LogP contribution in [-0.2, 0) is 27.3 Å². The maximum atomic E-state index is 13.5. The van der Waals surface area contributed by atoms with Gasteiger partial charge < -0.3 is 33.7 Å². The monoisotopic (exact) mass is 632 g/mol. The molecule has 2 heterocycles. The van der Waals surface area contributed by atoms with Crippen molar-refractivity contribution in [2.24, 2.45) is 0 Å². The zero-order valence-corrected chi connectivity index (χ0v) is 25.1. The van der Waals surface area contributed by atoms with E-state index in [2.05, 4.69) is 15.0 Å². The number of esters is 2. The van der Waals surface area contributed by atoms with Crippen molar-refractivity contribution in [3.8, 4) is 17.2 Å². The fourth-order valence-corrected chi connectivity index (χ4v) is 4.94. The number of fused-ring (bicyclic) bond motifs is 2. The van der Waals surface area contributed by atoms with Crippen molar-refractivity contribution in [2.75, 3.05) is 7.11 Å². The van der Waals surface area contributed by atoms with Gasteiger partial charge in [-0.25, -0.2) is 14.4 Å². The molecule has 0 saturated carbocycles. The molecule has 0 spiro atoms. The molecule has 0 radical (unpaired) electrons. The van der Waals surface area contributed by atoms with Gasteiger partial charge in [-0.05, 0) is 53.6 Å². The highest BCUT2D eigenvalue weighted by molar-refractivity contribution is 5.89. The van der Waals surface area contributed by atoms with Crippen molar-refractivity contribution < 1.29 is 37.7 Å². The number of amides is 1. The first-order valence-corrected chi connectivity index (χ1v) is 14.5. The first-order valence-electron chi connectivity index (χ1n) is 14.5. The van der Waals surface area contributed by atoms with E-state index in [9.17, 15) is 19.2 Å². The third-order valence-electron chi connectivity index (χ3n) is 7.32. The van der Waals surface area contributed by atoms with Gasteiger partial charge in [-0.2, -0.15) is 0 Å². The van der Waals surface area contributed by atoms with E-state index in [-0.39, 0.29) is 35.5 Å². The lowest BCUT2D eigenvalue weighted by Crippen LogP contribution is -2.44. The molecule has 1 atom stereocenters. The lowest BCUT2D eigenvalue weighted by molar-refractivity contribution is -0.136. The summed E-state index contributed by atoms with van der Waals surface area (Å²) in [7, 11) is 1.28. The number of rotatable bonds is 10. The largest absolute Gasteiger partial charge is 0.465 e.